The maximum Gasteiger partial charge on any atom is 0.200 e. The highest BCUT2D eigenvalue weighted by Gasteiger charge is 2.39. The molecule has 82 valence electrons. The molecule has 1 aromatic rings. The Hall–Kier alpha value is -0.990. The van der Waals surface area contributed by atoms with Crippen LogP contribution in [0, 0.1) is 24.7 Å². The van der Waals surface area contributed by atoms with Crippen molar-refractivity contribution in [2.75, 3.05) is 5.73 Å². The minimum Gasteiger partial charge on any atom is -0.369 e. The Morgan fingerprint density at radius 2 is 2.33 bits per heavy atom. The van der Waals surface area contributed by atoms with Crippen LogP contribution in [0.3, 0.4) is 0 Å². The van der Waals surface area contributed by atoms with E-state index in [1.54, 1.807) is 0 Å². The second kappa shape index (κ2) is 3.26. The van der Waals surface area contributed by atoms with Crippen LogP contribution in [0.15, 0.2) is 6.20 Å². The number of hydrogen-bond acceptors (Lipinski definition) is 2. The normalized spacial score (nSPS) is 33.8. The maximum atomic E-state index is 5.87. The molecule has 2 aliphatic carbocycles. The summed E-state index contributed by atoms with van der Waals surface area (Å²) >= 11 is 0. The number of anilines is 1. The first-order valence-corrected chi connectivity index (χ1v) is 6.01. The van der Waals surface area contributed by atoms with Gasteiger partial charge in [0.15, 0.2) is 5.95 Å². The summed E-state index contributed by atoms with van der Waals surface area (Å²) in [6, 6.07) is 0. The van der Waals surface area contributed by atoms with Gasteiger partial charge in [-0.2, -0.15) is 0 Å². The first-order chi connectivity index (χ1) is 7.22. The van der Waals surface area contributed by atoms with Crippen molar-refractivity contribution >= 4 is 5.95 Å². The SMILES string of the molecule is Cc1cn(CC2CC3CCC2C3)c(N)n1. The zero-order valence-electron chi connectivity index (χ0n) is 9.32. The lowest BCUT2D eigenvalue weighted by Crippen LogP contribution is -2.17. The summed E-state index contributed by atoms with van der Waals surface area (Å²) in [5.41, 5.74) is 6.91. The van der Waals surface area contributed by atoms with Crippen molar-refractivity contribution in [3.05, 3.63) is 11.9 Å². The highest BCUT2D eigenvalue weighted by Crippen LogP contribution is 2.48. The van der Waals surface area contributed by atoms with Crippen LogP contribution in [0.1, 0.15) is 31.4 Å². The summed E-state index contributed by atoms with van der Waals surface area (Å²) in [5.74, 6) is 3.54. The molecule has 3 unspecified atom stereocenters. The topological polar surface area (TPSA) is 43.8 Å². The molecule has 2 fully saturated rings. The van der Waals surface area contributed by atoms with E-state index in [9.17, 15) is 0 Å². The fourth-order valence-electron chi connectivity index (χ4n) is 3.56. The second-order valence-electron chi connectivity index (χ2n) is 5.33. The Morgan fingerprint density at radius 3 is 2.87 bits per heavy atom. The number of aromatic nitrogens is 2. The van der Waals surface area contributed by atoms with Crippen molar-refractivity contribution in [1.29, 1.82) is 0 Å². The molecular weight excluding hydrogens is 186 g/mol. The van der Waals surface area contributed by atoms with Crippen molar-refractivity contribution in [2.45, 2.75) is 39.2 Å². The van der Waals surface area contributed by atoms with Crippen molar-refractivity contribution in [3.63, 3.8) is 0 Å². The molecule has 15 heavy (non-hydrogen) atoms. The number of nitrogens with two attached hydrogens (primary N) is 1. The summed E-state index contributed by atoms with van der Waals surface area (Å²) in [6.45, 7) is 3.10. The average molecular weight is 205 g/mol. The molecule has 3 heteroatoms. The van der Waals surface area contributed by atoms with E-state index in [2.05, 4.69) is 15.7 Å². The summed E-state index contributed by atoms with van der Waals surface area (Å²) < 4.78 is 2.14. The van der Waals surface area contributed by atoms with Gasteiger partial charge in [-0.15, -0.1) is 0 Å². The lowest BCUT2D eigenvalue weighted by atomic mass is 9.89. The van der Waals surface area contributed by atoms with Gasteiger partial charge in [-0.3, -0.25) is 0 Å². The Balaban J connectivity index is 1.73. The Morgan fingerprint density at radius 1 is 1.47 bits per heavy atom. The smallest absolute Gasteiger partial charge is 0.200 e. The summed E-state index contributed by atoms with van der Waals surface area (Å²) in [7, 11) is 0. The van der Waals surface area contributed by atoms with Crippen LogP contribution in [0.25, 0.3) is 0 Å². The summed E-state index contributed by atoms with van der Waals surface area (Å²) in [5, 5.41) is 0. The van der Waals surface area contributed by atoms with Gasteiger partial charge in [-0.1, -0.05) is 6.42 Å². The quantitative estimate of drug-likeness (QED) is 0.804. The van der Waals surface area contributed by atoms with Crippen LogP contribution in [-0.2, 0) is 6.54 Å². The van der Waals surface area contributed by atoms with Gasteiger partial charge in [-0.05, 0) is 43.9 Å². The Bertz CT molecular complexity index is 369. The van der Waals surface area contributed by atoms with Gasteiger partial charge in [0, 0.05) is 12.7 Å². The molecule has 0 aromatic carbocycles. The molecule has 3 atom stereocenters. The lowest BCUT2D eigenvalue weighted by molar-refractivity contribution is 0.297. The van der Waals surface area contributed by atoms with Crippen molar-refractivity contribution in [2.24, 2.45) is 17.8 Å². The molecule has 0 saturated heterocycles. The third kappa shape index (κ3) is 1.54. The van der Waals surface area contributed by atoms with Crippen LogP contribution in [-0.4, -0.2) is 9.55 Å². The van der Waals surface area contributed by atoms with Gasteiger partial charge in [0.1, 0.15) is 0 Å². The Labute approximate surface area is 90.7 Å². The van der Waals surface area contributed by atoms with E-state index in [0.29, 0.717) is 5.95 Å². The van der Waals surface area contributed by atoms with Crippen LogP contribution in [0.4, 0.5) is 5.95 Å². The van der Waals surface area contributed by atoms with E-state index < -0.39 is 0 Å². The third-order valence-electron chi connectivity index (χ3n) is 4.24. The number of imidazole rings is 1. The molecule has 0 spiro atoms. The van der Waals surface area contributed by atoms with Crippen molar-refractivity contribution < 1.29 is 0 Å². The molecule has 2 bridgehead atoms. The lowest BCUT2D eigenvalue weighted by Gasteiger charge is -2.22. The molecule has 3 rings (SSSR count). The van der Waals surface area contributed by atoms with Crippen molar-refractivity contribution in [3.8, 4) is 0 Å². The summed E-state index contributed by atoms with van der Waals surface area (Å²) in [4.78, 5) is 4.26. The predicted octanol–water partition coefficient (Wildman–Crippen LogP) is 2.21. The molecule has 2 aliphatic rings. The molecular formula is C12H19N3. The summed E-state index contributed by atoms with van der Waals surface area (Å²) in [6.07, 6.45) is 7.89. The van der Waals surface area contributed by atoms with Crippen LogP contribution >= 0.6 is 0 Å². The second-order valence-corrected chi connectivity index (χ2v) is 5.33. The van der Waals surface area contributed by atoms with Crippen LogP contribution < -0.4 is 5.73 Å². The van der Waals surface area contributed by atoms with E-state index >= 15 is 0 Å². The van der Waals surface area contributed by atoms with Crippen LogP contribution in [0.5, 0.6) is 0 Å². The molecule has 0 amide bonds. The van der Waals surface area contributed by atoms with Crippen molar-refractivity contribution in [1.82, 2.24) is 9.55 Å². The molecule has 1 aromatic heterocycles. The van der Waals surface area contributed by atoms with E-state index in [1.807, 2.05) is 6.92 Å². The zero-order valence-corrected chi connectivity index (χ0v) is 9.32. The number of hydrogen-bond donors (Lipinski definition) is 1. The average Bonchev–Trinajstić information content (AvgIpc) is 2.83. The number of rotatable bonds is 2. The number of fused-ring (bicyclic) bond motifs is 2. The maximum absolute atomic E-state index is 5.87. The number of aryl methyl sites for hydroxylation is 1. The van der Waals surface area contributed by atoms with Gasteiger partial charge in [0.25, 0.3) is 0 Å². The van der Waals surface area contributed by atoms with E-state index in [0.717, 1.165) is 30.0 Å². The van der Waals surface area contributed by atoms with Gasteiger partial charge in [0.2, 0.25) is 0 Å². The first-order valence-electron chi connectivity index (χ1n) is 6.01. The standard InChI is InChI=1S/C12H19N3/c1-8-6-15(12(13)14-8)7-11-5-9-2-3-10(11)4-9/h6,9-11H,2-5,7H2,1H3,(H2,13,14). The fourth-order valence-corrected chi connectivity index (χ4v) is 3.56. The van der Waals surface area contributed by atoms with Gasteiger partial charge >= 0.3 is 0 Å². The molecule has 2 N–H and O–H groups in total. The predicted molar refractivity (Wildman–Crippen MR) is 60.3 cm³/mol. The molecule has 0 aliphatic heterocycles. The zero-order chi connectivity index (χ0) is 10.4. The molecule has 1 heterocycles. The highest BCUT2D eigenvalue weighted by molar-refractivity contribution is 5.21. The molecule has 2 saturated carbocycles. The minimum atomic E-state index is 0.690. The fraction of sp³-hybridized carbons (Fsp3) is 0.750. The molecule has 0 radical (unpaired) electrons. The highest BCUT2D eigenvalue weighted by atomic mass is 15.1. The largest absolute Gasteiger partial charge is 0.369 e. The van der Waals surface area contributed by atoms with Gasteiger partial charge in [-0.25, -0.2) is 4.98 Å². The third-order valence-corrected chi connectivity index (χ3v) is 4.24. The number of nitrogen functional groups attached to an aromatic ring is 1. The van der Waals surface area contributed by atoms with Gasteiger partial charge < -0.3 is 10.3 Å². The van der Waals surface area contributed by atoms with E-state index in [-0.39, 0.29) is 0 Å². The van der Waals surface area contributed by atoms with Crippen LogP contribution in [0.2, 0.25) is 0 Å². The first kappa shape index (κ1) is 9.25. The monoisotopic (exact) mass is 205 g/mol. The minimum absolute atomic E-state index is 0.690. The van der Waals surface area contributed by atoms with E-state index in [4.69, 9.17) is 5.73 Å². The Kier molecular flexibility index (Phi) is 2.01. The van der Waals surface area contributed by atoms with E-state index in [1.165, 1.54) is 25.7 Å². The number of nitrogens with zero attached hydrogens (tertiary/aromatic N) is 2. The molecule has 3 nitrogen and oxygen atoms in total. The van der Waals surface area contributed by atoms with Gasteiger partial charge in [0.05, 0.1) is 5.69 Å².